The van der Waals surface area contributed by atoms with Crippen LogP contribution in [-0.4, -0.2) is 16.8 Å². The van der Waals surface area contributed by atoms with E-state index in [1.54, 1.807) is 17.8 Å². The molecule has 0 saturated heterocycles. The van der Waals surface area contributed by atoms with Gasteiger partial charge in [-0.05, 0) is 41.7 Å². The van der Waals surface area contributed by atoms with Crippen LogP contribution in [0, 0.1) is 5.82 Å². The lowest BCUT2D eigenvalue weighted by molar-refractivity contribution is 0.0691. The molecule has 0 amide bonds. The van der Waals surface area contributed by atoms with E-state index in [4.69, 9.17) is 5.11 Å². The van der Waals surface area contributed by atoms with Gasteiger partial charge in [0.15, 0.2) is 0 Å². The minimum atomic E-state index is -1.22. The molecule has 2 nitrogen and oxygen atoms in total. The predicted octanol–water partition coefficient (Wildman–Crippen LogP) is 3.96. The van der Waals surface area contributed by atoms with E-state index in [1.165, 1.54) is 23.3 Å². The van der Waals surface area contributed by atoms with Crippen LogP contribution in [0.1, 0.15) is 27.4 Å². The Bertz CT molecular complexity index is 669. The maximum absolute atomic E-state index is 13.3. The van der Waals surface area contributed by atoms with E-state index < -0.39 is 11.8 Å². The molecule has 4 heteroatoms. The van der Waals surface area contributed by atoms with Crippen LogP contribution in [0.25, 0.3) is 0 Å². The molecule has 2 aromatic carbocycles. The second-order valence-corrected chi connectivity index (χ2v) is 5.95. The summed E-state index contributed by atoms with van der Waals surface area (Å²) in [5.41, 5.74) is 2.51. The van der Waals surface area contributed by atoms with Gasteiger partial charge in [0.05, 0.1) is 5.56 Å². The number of carboxylic acids is 1. The number of thioether (sulfide) groups is 1. The normalized spacial score (nSPS) is 16.4. The summed E-state index contributed by atoms with van der Waals surface area (Å²) in [5.74, 6) is -0.508. The highest BCUT2D eigenvalue weighted by atomic mass is 32.2. The highest BCUT2D eigenvalue weighted by Crippen LogP contribution is 2.38. The number of hydrogen-bond acceptors (Lipinski definition) is 2. The van der Waals surface area contributed by atoms with Crippen LogP contribution < -0.4 is 0 Å². The molecule has 102 valence electrons. The maximum atomic E-state index is 13.3. The fraction of sp³-hybridized carbons (Fsp3) is 0.188. The highest BCUT2D eigenvalue weighted by Gasteiger charge is 2.25. The molecule has 0 bridgehead atoms. The first kappa shape index (κ1) is 13.2. The Balaban J connectivity index is 1.68. The zero-order chi connectivity index (χ0) is 14.1. The Kier molecular flexibility index (Phi) is 3.49. The van der Waals surface area contributed by atoms with Gasteiger partial charge in [0.2, 0.25) is 0 Å². The molecule has 1 N–H and O–H groups in total. The lowest BCUT2D eigenvalue weighted by Gasteiger charge is -2.29. The quantitative estimate of drug-likeness (QED) is 0.865. The van der Waals surface area contributed by atoms with Crippen LogP contribution in [0.2, 0.25) is 0 Å². The summed E-state index contributed by atoms with van der Waals surface area (Å²) in [6.45, 7) is 0. The molecule has 20 heavy (non-hydrogen) atoms. The third kappa shape index (κ3) is 2.43. The third-order valence-electron chi connectivity index (χ3n) is 3.58. The van der Waals surface area contributed by atoms with Gasteiger partial charge in [-0.25, -0.2) is 9.18 Å². The Morgan fingerprint density at radius 3 is 2.85 bits per heavy atom. The molecule has 0 aromatic heterocycles. The van der Waals surface area contributed by atoms with Crippen molar-refractivity contribution in [2.24, 2.45) is 0 Å². The summed E-state index contributed by atoms with van der Waals surface area (Å²) in [7, 11) is 0. The number of aromatic carboxylic acids is 1. The van der Waals surface area contributed by atoms with Crippen molar-refractivity contribution in [3.63, 3.8) is 0 Å². The van der Waals surface area contributed by atoms with E-state index in [0.717, 1.165) is 17.1 Å². The van der Waals surface area contributed by atoms with E-state index in [9.17, 15) is 9.18 Å². The highest BCUT2D eigenvalue weighted by molar-refractivity contribution is 7.99. The molecule has 2 aromatic rings. The van der Waals surface area contributed by atoms with Gasteiger partial charge in [0.1, 0.15) is 5.82 Å². The molecule has 0 fully saturated rings. The maximum Gasteiger partial charge on any atom is 0.338 e. The van der Waals surface area contributed by atoms with Gasteiger partial charge >= 0.3 is 5.97 Å². The second-order valence-electron chi connectivity index (χ2n) is 4.86. The third-order valence-corrected chi connectivity index (χ3v) is 4.74. The van der Waals surface area contributed by atoms with Crippen molar-refractivity contribution in [1.82, 2.24) is 0 Å². The summed E-state index contributed by atoms with van der Waals surface area (Å²) in [4.78, 5) is 11.7. The molecule has 1 atom stereocenters. The zero-order valence-electron chi connectivity index (χ0n) is 10.7. The topological polar surface area (TPSA) is 37.3 Å². The number of carboxylic acid groups (broad SMARTS) is 1. The average Bonchev–Trinajstić information content (AvgIpc) is 2.41. The van der Waals surface area contributed by atoms with E-state index in [2.05, 4.69) is 12.1 Å². The fourth-order valence-electron chi connectivity index (χ4n) is 2.47. The summed E-state index contributed by atoms with van der Waals surface area (Å²) in [6, 6.07) is 12.6. The first-order chi connectivity index (χ1) is 9.65. The molecule has 0 saturated carbocycles. The average molecular weight is 288 g/mol. The lowest BCUT2D eigenvalue weighted by Crippen LogP contribution is -2.18. The standard InChI is InChI=1S/C16H13FO2S/c17-15-6-5-12(8-14(15)16(18)19)20-9-11-7-10-3-1-2-4-13(10)11/h1-6,8,11H,7,9H2,(H,18,19). The van der Waals surface area contributed by atoms with Gasteiger partial charge in [-0.2, -0.15) is 0 Å². The van der Waals surface area contributed by atoms with Gasteiger partial charge in [0, 0.05) is 10.6 Å². The lowest BCUT2D eigenvalue weighted by atomic mass is 9.79. The molecule has 1 aliphatic carbocycles. The van der Waals surface area contributed by atoms with Crippen molar-refractivity contribution >= 4 is 17.7 Å². The molecule has 1 aliphatic rings. The summed E-state index contributed by atoms with van der Waals surface area (Å²) in [6.07, 6.45) is 1.07. The minimum Gasteiger partial charge on any atom is -0.478 e. The van der Waals surface area contributed by atoms with E-state index in [1.807, 2.05) is 12.1 Å². The van der Waals surface area contributed by atoms with Gasteiger partial charge in [-0.15, -0.1) is 11.8 Å². The number of hydrogen-bond donors (Lipinski definition) is 1. The van der Waals surface area contributed by atoms with Crippen LogP contribution in [0.15, 0.2) is 47.4 Å². The first-order valence-corrected chi connectivity index (χ1v) is 7.37. The summed E-state index contributed by atoms with van der Waals surface area (Å²) >= 11 is 1.58. The molecular weight excluding hydrogens is 275 g/mol. The molecule has 0 spiro atoms. The Hall–Kier alpha value is -1.81. The van der Waals surface area contributed by atoms with Crippen LogP contribution in [0.3, 0.4) is 0 Å². The first-order valence-electron chi connectivity index (χ1n) is 6.38. The van der Waals surface area contributed by atoms with E-state index >= 15 is 0 Å². The largest absolute Gasteiger partial charge is 0.478 e. The number of rotatable bonds is 4. The molecule has 0 radical (unpaired) electrons. The van der Waals surface area contributed by atoms with E-state index in [-0.39, 0.29) is 5.56 Å². The van der Waals surface area contributed by atoms with Crippen molar-refractivity contribution in [3.8, 4) is 0 Å². The van der Waals surface area contributed by atoms with Crippen LogP contribution in [-0.2, 0) is 6.42 Å². The molecule has 0 heterocycles. The monoisotopic (exact) mass is 288 g/mol. The van der Waals surface area contributed by atoms with Crippen molar-refractivity contribution in [3.05, 3.63) is 65.0 Å². The Morgan fingerprint density at radius 1 is 1.30 bits per heavy atom. The molecular formula is C16H13FO2S. The predicted molar refractivity (Wildman–Crippen MR) is 77.0 cm³/mol. The SMILES string of the molecule is O=C(O)c1cc(SCC2Cc3ccccc32)ccc1F. The van der Waals surface area contributed by atoms with Gasteiger partial charge in [-0.3, -0.25) is 0 Å². The second kappa shape index (κ2) is 5.29. The minimum absolute atomic E-state index is 0.260. The summed E-state index contributed by atoms with van der Waals surface area (Å²) < 4.78 is 13.3. The van der Waals surface area contributed by atoms with Crippen molar-refractivity contribution in [2.75, 3.05) is 5.75 Å². The van der Waals surface area contributed by atoms with E-state index in [0.29, 0.717) is 5.92 Å². The van der Waals surface area contributed by atoms with Gasteiger partial charge < -0.3 is 5.11 Å². The Morgan fingerprint density at radius 2 is 2.10 bits per heavy atom. The van der Waals surface area contributed by atoms with Gasteiger partial charge in [-0.1, -0.05) is 24.3 Å². The van der Waals surface area contributed by atoms with Gasteiger partial charge in [0.25, 0.3) is 0 Å². The Labute approximate surface area is 120 Å². The van der Waals surface area contributed by atoms with Crippen molar-refractivity contribution in [2.45, 2.75) is 17.2 Å². The molecule has 0 aliphatic heterocycles. The van der Waals surface area contributed by atoms with Crippen LogP contribution >= 0.6 is 11.8 Å². The number of halogens is 1. The van der Waals surface area contributed by atoms with Crippen molar-refractivity contribution in [1.29, 1.82) is 0 Å². The van der Waals surface area contributed by atoms with Crippen LogP contribution in [0.4, 0.5) is 4.39 Å². The van der Waals surface area contributed by atoms with Crippen LogP contribution in [0.5, 0.6) is 0 Å². The number of fused-ring (bicyclic) bond motifs is 1. The zero-order valence-corrected chi connectivity index (χ0v) is 11.5. The summed E-state index contributed by atoms with van der Waals surface area (Å²) in [5, 5.41) is 8.91. The fourth-order valence-corrected chi connectivity index (χ4v) is 3.52. The van der Waals surface area contributed by atoms with Crippen molar-refractivity contribution < 1.29 is 14.3 Å². The smallest absolute Gasteiger partial charge is 0.338 e. The molecule has 3 rings (SSSR count). The molecule has 1 unspecified atom stereocenters. The number of carbonyl (C=O) groups is 1. The number of benzene rings is 2.